The summed E-state index contributed by atoms with van der Waals surface area (Å²) < 4.78 is 0.809. The number of carbonyl (C=O) groups is 2. The lowest BCUT2D eigenvalue weighted by Crippen LogP contribution is -2.57. The molecule has 2 rings (SSSR count). The van der Waals surface area contributed by atoms with E-state index in [9.17, 15) is 9.59 Å². The third kappa shape index (κ3) is 2.45. The van der Waals surface area contributed by atoms with Crippen molar-refractivity contribution in [3.63, 3.8) is 0 Å². The van der Waals surface area contributed by atoms with E-state index in [0.29, 0.717) is 10.7 Å². The van der Waals surface area contributed by atoms with Crippen LogP contribution in [0.5, 0.6) is 0 Å². The van der Waals surface area contributed by atoms with Crippen molar-refractivity contribution < 1.29 is 9.59 Å². The van der Waals surface area contributed by atoms with Gasteiger partial charge < -0.3 is 5.32 Å². The molecule has 1 N–H and O–H groups in total. The predicted octanol–water partition coefficient (Wildman–Crippen LogP) is 1.95. The van der Waals surface area contributed by atoms with Gasteiger partial charge in [-0.05, 0) is 25.1 Å². The van der Waals surface area contributed by atoms with Gasteiger partial charge in [-0.25, -0.2) is 0 Å². The van der Waals surface area contributed by atoms with Crippen LogP contribution in [0.3, 0.4) is 0 Å². The highest BCUT2D eigenvalue weighted by atomic mass is 79.9. The average Bonchev–Trinajstić information content (AvgIpc) is 2.27. The summed E-state index contributed by atoms with van der Waals surface area (Å²) in [6.07, 6.45) is 0. The molecule has 0 spiro atoms. The van der Waals surface area contributed by atoms with Crippen molar-refractivity contribution in [2.75, 3.05) is 11.4 Å². The summed E-state index contributed by atoms with van der Waals surface area (Å²) in [5.41, 5.74) is 0.549. The van der Waals surface area contributed by atoms with Gasteiger partial charge in [0.25, 0.3) is 0 Å². The zero-order valence-electron chi connectivity index (χ0n) is 9.04. The number of nitrogens with one attached hydrogen (secondary N) is 1. The van der Waals surface area contributed by atoms with Gasteiger partial charge >= 0.3 is 0 Å². The summed E-state index contributed by atoms with van der Waals surface area (Å²) >= 11 is 9.36. The van der Waals surface area contributed by atoms with Crippen LogP contribution in [-0.2, 0) is 9.59 Å². The Morgan fingerprint density at radius 3 is 2.88 bits per heavy atom. The monoisotopic (exact) mass is 316 g/mol. The molecule has 1 unspecified atom stereocenters. The lowest BCUT2D eigenvalue weighted by Gasteiger charge is -2.31. The first-order valence-electron chi connectivity index (χ1n) is 5.05. The molecular weight excluding hydrogens is 307 g/mol. The first-order valence-corrected chi connectivity index (χ1v) is 6.22. The third-order valence-corrected chi connectivity index (χ3v) is 3.33. The Labute approximate surface area is 112 Å². The SMILES string of the molecule is CC1NC(=O)CN(c2cc(Br)ccc2Cl)C1=O. The van der Waals surface area contributed by atoms with Gasteiger partial charge in [0.1, 0.15) is 12.6 Å². The zero-order chi connectivity index (χ0) is 12.6. The van der Waals surface area contributed by atoms with Crippen LogP contribution in [0.25, 0.3) is 0 Å². The maximum Gasteiger partial charge on any atom is 0.249 e. The summed E-state index contributed by atoms with van der Waals surface area (Å²) in [5.74, 6) is -0.349. The van der Waals surface area contributed by atoms with Crippen molar-refractivity contribution >= 4 is 45.0 Å². The minimum Gasteiger partial charge on any atom is -0.343 e. The molecule has 1 aliphatic rings. The molecule has 2 amide bonds. The van der Waals surface area contributed by atoms with Crippen LogP contribution in [0, 0.1) is 0 Å². The molecule has 0 bridgehead atoms. The highest BCUT2D eigenvalue weighted by Gasteiger charge is 2.31. The zero-order valence-corrected chi connectivity index (χ0v) is 11.4. The Morgan fingerprint density at radius 2 is 2.18 bits per heavy atom. The number of hydrogen-bond acceptors (Lipinski definition) is 2. The number of hydrogen-bond donors (Lipinski definition) is 1. The predicted molar refractivity (Wildman–Crippen MR) is 69.1 cm³/mol. The molecule has 0 aliphatic carbocycles. The van der Waals surface area contributed by atoms with E-state index in [4.69, 9.17) is 11.6 Å². The largest absolute Gasteiger partial charge is 0.343 e. The fraction of sp³-hybridized carbons (Fsp3) is 0.273. The van der Waals surface area contributed by atoms with Gasteiger partial charge in [0.05, 0.1) is 10.7 Å². The first kappa shape index (κ1) is 12.4. The fourth-order valence-corrected chi connectivity index (χ4v) is 2.27. The molecule has 1 aliphatic heterocycles. The van der Waals surface area contributed by atoms with E-state index < -0.39 is 6.04 Å². The van der Waals surface area contributed by atoms with Crippen LogP contribution < -0.4 is 10.2 Å². The number of anilines is 1. The number of carbonyl (C=O) groups excluding carboxylic acids is 2. The maximum absolute atomic E-state index is 12.0. The Hall–Kier alpha value is -1.07. The van der Waals surface area contributed by atoms with Crippen LogP contribution >= 0.6 is 27.5 Å². The van der Waals surface area contributed by atoms with Crippen LogP contribution in [0.2, 0.25) is 5.02 Å². The van der Waals surface area contributed by atoms with Gasteiger partial charge in [-0.3, -0.25) is 14.5 Å². The van der Waals surface area contributed by atoms with Crippen molar-refractivity contribution in [1.82, 2.24) is 5.32 Å². The van der Waals surface area contributed by atoms with Crippen molar-refractivity contribution in [3.05, 3.63) is 27.7 Å². The maximum atomic E-state index is 12.0. The summed E-state index contributed by atoms with van der Waals surface area (Å²) in [5, 5.41) is 3.03. The highest BCUT2D eigenvalue weighted by Crippen LogP contribution is 2.30. The summed E-state index contributed by atoms with van der Waals surface area (Å²) in [6.45, 7) is 1.65. The first-order chi connectivity index (χ1) is 7.99. The summed E-state index contributed by atoms with van der Waals surface area (Å²) in [7, 11) is 0. The average molecular weight is 318 g/mol. The smallest absolute Gasteiger partial charge is 0.249 e. The minimum atomic E-state index is -0.522. The van der Waals surface area contributed by atoms with Crippen molar-refractivity contribution in [3.8, 4) is 0 Å². The standard InChI is InChI=1S/C11H10BrClN2O2/c1-6-11(17)15(5-10(16)14-6)9-4-7(12)2-3-8(9)13/h2-4,6H,5H2,1H3,(H,14,16). The Balaban J connectivity index is 2.41. The van der Waals surface area contributed by atoms with E-state index in [-0.39, 0.29) is 18.4 Å². The molecule has 1 aromatic rings. The third-order valence-electron chi connectivity index (χ3n) is 2.51. The second kappa shape index (κ2) is 4.66. The van der Waals surface area contributed by atoms with E-state index in [1.807, 2.05) is 0 Å². The summed E-state index contributed by atoms with van der Waals surface area (Å²) in [4.78, 5) is 24.8. The van der Waals surface area contributed by atoms with E-state index >= 15 is 0 Å². The number of rotatable bonds is 1. The lowest BCUT2D eigenvalue weighted by atomic mass is 10.2. The number of nitrogens with zero attached hydrogens (tertiary/aromatic N) is 1. The number of halogens is 2. The molecule has 1 aromatic carbocycles. The molecule has 1 fully saturated rings. The van der Waals surface area contributed by atoms with Gasteiger partial charge in [0.2, 0.25) is 11.8 Å². The van der Waals surface area contributed by atoms with Gasteiger partial charge in [-0.1, -0.05) is 27.5 Å². The summed E-state index contributed by atoms with van der Waals surface area (Å²) in [6, 6.07) is 4.67. The van der Waals surface area contributed by atoms with Gasteiger partial charge in [-0.15, -0.1) is 0 Å². The molecule has 1 heterocycles. The van der Waals surface area contributed by atoms with Crippen LogP contribution in [0.4, 0.5) is 5.69 Å². The molecule has 0 radical (unpaired) electrons. The molecule has 1 saturated heterocycles. The van der Waals surface area contributed by atoms with Crippen LogP contribution in [-0.4, -0.2) is 24.4 Å². The van der Waals surface area contributed by atoms with Gasteiger partial charge in [0, 0.05) is 4.47 Å². The Morgan fingerprint density at radius 1 is 1.47 bits per heavy atom. The van der Waals surface area contributed by atoms with Crippen molar-refractivity contribution in [2.24, 2.45) is 0 Å². The topological polar surface area (TPSA) is 49.4 Å². The molecule has 1 atom stereocenters. The fourth-order valence-electron chi connectivity index (χ4n) is 1.70. The number of amides is 2. The van der Waals surface area contributed by atoms with Crippen LogP contribution in [0.1, 0.15) is 6.92 Å². The normalized spacial score (nSPS) is 20.4. The van der Waals surface area contributed by atoms with E-state index in [1.165, 1.54) is 4.90 Å². The second-order valence-corrected chi connectivity index (χ2v) is 5.13. The van der Waals surface area contributed by atoms with E-state index in [0.717, 1.165) is 4.47 Å². The molecule has 6 heteroatoms. The Bertz CT molecular complexity index is 492. The minimum absolute atomic E-state index is 0.000648. The molecule has 90 valence electrons. The van der Waals surface area contributed by atoms with Gasteiger partial charge in [-0.2, -0.15) is 0 Å². The second-order valence-electron chi connectivity index (χ2n) is 3.81. The molecule has 17 heavy (non-hydrogen) atoms. The lowest BCUT2D eigenvalue weighted by molar-refractivity contribution is -0.130. The van der Waals surface area contributed by atoms with E-state index in [1.54, 1.807) is 25.1 Å². The number of piperazine rings is 1. The highest BCUT2D eigenvalue weighted by molar-refractivity contribution is 9.10. The molecule has 0 aromatic heterocycles. The molecular formula is C11H10BrClN2O2. The number of benzene rings is 1. The quantitative estimate of drug-likeness (QED) is 0.861. The van der Waals surface area contributed by atoms with Crippen molar-refractivity contribution in [2.45, 2.75) is 13.0 Å². The van der Waals surface area contributed by atoms with Crippen LogP contribution in [0.15, 0.2) is 22.7 Å². The molecule has 0 saturated carbocycles. The van der Waals surface area contributed by atoms with Crippen molar-refractivity contribution in [1.29, 1.82) is 0 Å². The Kier molecular flexibility index (Phi) is 3.40. The van der Waals surface area contributed by atoms with E-state index in [2.05, 4.69) is 21.2 Å². The molecule has 4 nitrogen and oxygen atoms in total. The van der Waals surface area contributed by atoms with Gasteiger partial charge in [0.15, 0.2) is 0 Å².